The number of thiazole rings is 1. The summed E-state index contributed by atoms with van der Waals surface area (Å²) in [4.78, 5) is 14.1. The summed E-state index contributed by atoms with van der Waals surface area (Å²) in [7, 11) is 0. The molecule has 1 fully saturated rings. The maximum atomic E-state index is 8.57. The molecule has 0 saturated heterocycles. The lowest BCUT2D eigenvalue weighted by Gasteiger charge is -2.10. The Kier molecular flexibility index (Phi) is 6.23. The first kappa shape index (κ1) is 20.3. The second-order valence-electron chi connectivity index (χ2n) is 7.52. The Morgan fingerprint density at radius 3 is 2.70 bits per heavy atom. The van der Waals surface area contributed by atoms with E-state index in [-0.39, 0.29) is 5.75 Å². The van der Waals surface area contributed by atoms with Crippen molar-refractivity contribution in [3.8, 4) is 5.75 Å². The molecule has 30 heavy (non-hydrogen) atoms. The molecule has 4 aromatic heterocycles. The van der Waals surface area contributed by atoms with Crippen LogP contribution in [0.3, 0.4) is 0 Å². The largest absolute Gasteiger partial charge is 0.506 e. The lowest BCUT2D eigenvalue weighted by molar-refractivity contribution is 0.472. The van der Waals surface area contributed by atoms with Crippen LogP contribution in [0.25, 0.3) is 5.65 Å². The minimum atomic E-state index is 0.211. The third kappa shape index (κ3) is 5.33. The molecule has 0 unspecified atom stereocenters. The summed E-state index contributed by atoms with van der Waals surface area (Å²) >= 11 is 1.75. The Morgan fingerprint density at radius 1 is 1.20 bits per heavy atom. The summed E-state index contributed by atoms with van der Waals surface area (Å²) in [5.74, 6) is 2.15. The second-order valence-corrected chi connectivity index (χ2v) is 8.81. The summed E-state index contributed by atoms with van der Waals surface area (Å²) in [5, 5.41) is 17.6. The number of hydrogen-bond donors (Lipinski definition) is 2. The van der Waals surface area contributed by atoms with Crippen molar-refractivity contribution in [3.05, 3.63) is 64.1 Å². The Hall–Kier alpha value is -3.00. The fourth-order valence-electron chi connectivity index (χ4n) is 3.24. The van der Waals surface area contributed by atoms with Crippen molar-refractivity contribution >= 4 is 22.8 Å². The third-order valence-corrected chi connectivity index (χ3v) is 6.07. The van der Waals surface area contributed by atoms with E-state index in [9.17, 15) is 0 Å². The van der Waals surface area contributed by atoms with Gasteiger partial charge < -0.3 is 10.4 Å². The molecule has 0 bridgehead atoms. The van der Waals surface area contributed by atoms with Crippen molar-refractivity contribution in [2.75, 3.05) is 5.32 Å². The zero-order valence-electron chi connectivity index (χ0n) is 17.2. The van der Waals surface area contributed by atoms with E-state index in [0.717, 1.165) is 46.7 Å². The number of nitrogens with one attached hydrogen (secondary N) is 1. The molecule has 1 aliphatic rings. The maximum Gasteiger partial charge on any atom is 0.157 e. The molecule has 0 atom stereocenters. The lowest BCUT2D eigenvalue weighted by atomic mass is 10.1. The van der Waals surface area contributed by atoms with Crippen molar-refractivity contribution in [1.82, 2.24) is 24.6 Å². The van der Waals surface area contributed by atoms with Gasteiger partial charge in [-0.2, -0.15) is 9.61 Å². The molecule has 0 amide bonds. The van der Waals surface area contributed by atoms with Crippen molar-refractivity contribution < 1.29 is 5.11 Å². The van der Waals surface area contributed by atoms with Crippen LogP contribution in [0.4, 0.5) is 5.82 Å². The smallest absolute Gasteiger partial charge is 0.157 e. The first-order chi connectivity index (χ1) is 14.6. The summed E-state index contributed by atoms with van der Waals surface area (Å²) in [5.41, 5.74) is 3.18. The fourth-order valence-corrected chi connectivity index (χ4v) is 4.12. The van der Waals surface area contributed by atoms with Gasteiger partial charge in [0.15, 0.2) is 5.65 Å². The Morgan fingerprint density at radius 2 is 2.07 bits per heavy atom. The monoisotopic (exact) mass is 422 g/mol. The van der Waals surface area contributed by atoms with Crippen LogP contribution in [0.2, 0.25) is 0 Å². The van der Waals surface area contributed by atoms with Gasteiger partial charge in [-0.15, -0.1) is 11.3 Å². The summed E-state index contributed by atoms with van der Waals surface area (Å²) in [6.45, 7) is 4.89. The van der Waals surface area contributed by atoms with Gasteiger partial charge in [-0.3, -0.25) is 4.98 Å². The molecule has 1 aliphatic carbocycles. The molecule has 0 aliphatic heterocycles. The number of pyridine rings is 1. The van der Waals surface area contributed by atoms with Gasteiger partial charge in [-0.1, -0.05) is 12.8 Å². The van der Waals surface area contributed by atoms with Crippen molar-refractivity contribution in [2.45, 2.75) is 46.1 Å². The van der Waals surface area contributed by atoms with Crippen LogP contribution in [0.1, 0.15) is 40.5 Å². The highest BCUT2D eigenvalue weighted by molar-refractivity contribution is 7.11. The lowest BCUT2D eigenvalue weighted by Crippen LogP contribution is -2.07. The first-order valence-corrected chi connectivity index (χ1v) is 11.0. The molecule has 4 heterocycles. The van der Waals surface area contributed by atoms with Crippen molar-refractivity contribution in [3.63, 3.8) is 0 Å². The average molecular weight is 423 g/mol. The Bertz CT molecular complexity index is 1100. The van der Waals surface area contributed by atoms with Gasteiger partial charge in [0, 0.05) is 28.9 Å². The van der Waals surface area contributed by atoms with Gasteiger partial charge in [0.1, 0.15) is 11.6 Å². The normalized spacial score (nSPS) is 13.1. The number of aromatic nitrogens is 5. The third-order valence-electron chi connectivity index (χ3n) is 4.99. The number of rotatable bonds is 6. The van der Waals surface area contributed by atoms with Gasteiger partial charge in [0.2, 0.25) is 0 Å². The summed E-state index contributed by atoms with van der Waals surface area (Å²) in [6.07, 6.45) is 9.90. The van der Waals surface area contributed by atoms with E-state index < -0.39 is 0 Å². The van der Waals surface area contributed by atoms with Crippen LogP contribution in [-0.4, -0.2) is 29.7 Å². The standard InChI is InChI=1S/C17H21N5S.C5H5NO/c1-11-15(23-12(2)20-11)10-18-17-9-14(6-5-13-3-4-13)21-16-7-8-19-22(16)17;7-5-2-1-3-6-4-5/h7-9,13,18H,3-6,10H2,1-2H3;1-4,7H. The van der Waals surface area contributed by atoms with Gasteiger partial charge in [-0.05, 0) is 44.7 Å². The highest BCUT2D eigenvalue weighted by Crippen LogP contribution is 2.33. The predicted molar refractivity (Wildman–Crippen MR) is 119 cm³/mol. The van der Waals surface area contributed by atoms with Crippen molar-refractivity contribution in [1.29, 1.82) is 0 Å². The van der Waals surface area contributed by atoms with E-state index in [1.807, 2.05) is 10.6 Å². The number of aromatic hydroxyl groups is 1. The van der Waals surface area contributed by atoms with E-state index in [1.54, 1.807) is 35.9 Å². The predicted octanol–water partition coefficient (Wildman–Crippen LogP) is 4.54. The zero-order chi connectivity index (χ0) is 20.9. The zero-order valence-corrected chi connectivity index (χ0v) is 18.1. The fraction of sp³-hybridized carbons (Fsp3) is 0.364. The Labute approximate surface area is 179 Å². The summed E-state index contributed by atoms with van der Waals surface area (Å²) < 4.78 is 1.88. The number of anilines is 1. The second kappa shape index (κ2) is 9.21. The molecular formula is C22H26N6OS. The minimum Gasteiger partial charge on any atom is -0.506 e. The number of nitrogens with zero attached hydrogens (tertiary/aromatic N) is 5. The van der Waals surface area contributed by atoms with Gasteiger partial charge in [-0.25, -0.2) is 9.97 Å². The minimum absolute atomic E-state index is 0.211. The molecular weight excluding hydrogens is 396 g/mol. The Balaban J connectivity index is 0.000000265. The molecule has 0 aromatic carbocycles. The van der Waals surface area contributed by atoms with Gasteiger partial charge in [0.25, 0.3) is 0 Å². The van der Waals surface area contributed by atoms with Crippen LogP contribution >= 0.6 is 11.3 Å². The maximum absolute atomic E-state index is 8.57. The quantitative estimate of drug-likeness (QED) is 0.474. The molecule has 5 rings (SSSR count). The highest BCUT2D eigenvalue weighted by atomic mass is 32.1. The number of hydrogen-bond acceptors (Lipinski definition) is 7. The van der Waals surface area contributed by atoms with E-state index in [1.165, 1.54) is 30.3 Å². The van der Waals surface area contributed by atoms with Crippen LogP contribution < -0.4 is 5.32 Å². The number of fused-ring (bicyclic) bond motifs is 1. The molecule has 0 spiro atoms. The molecule has 7 nitrogen and oxygen atoms in total. The van der Waals surface area contributed by atoms with Crippen LogP contribution in [0.5, 0.6) is 5.75 Å². The van der Waals surface area contributed by atoms with Crippen LogP contribution in [0, 0.1) is 19.8 Å². The molecule has 4 aromatic rings. The summed E-state index contributed by atoms with van der Waals surface area (Å²) in [6, 6.07) is 7.36. The van der Waals surface area contributed by atoms with E-state index in [0.29, 0.717) is 0 Å². The van der Waals surface area contributed by atoms with E-state index in [4.69, 9.17) is 10.1 Å². The van der Waals surface area contributed by atoms with E-state index >= 15 is 0 Å². The van der Waals surface area contributed by atoms with Crippen LogP contribution in [-0.2, 0) is 13.0 Å². The molecule has 8 heteroatoms. The average Bonchev–Trinajstić information content (AvgIpc) is 3.34. The highest BCUT2D eigenvalue weighted by Gasteiger charge is 2.21. The SMILES string of the molecule is Cc1nc(C)c(CNc2cc(CCC3CC3)nc3ccnn23)s1.Oc1cccnc1. The topological polar surface area (TPSA) is 88.2 Å². The van der Waals surface area contributed by atoms with Gasteiger partial charge in [0.05, 0.1) is 29.6 Å². The van der Waals surface area contributed by atoms with Crippen LogP contribution in [0.15, 0.2) is 42.9 Å². The molecule has 0 radical (unpaired) electrons. The van der Waals surface area contributed by atoms with Gasteiger partial charge >= 0.3 is 0 Å². The molecule has 1 saturated carbocycles. The molecule has 2 N–H and O–H groups in total. The van der Waals surface area contributed by atoms with E-state index in [2.05, 4.69) is 40.3 Å². The molecule has 156 valence electrons. The number of aryl methyl sites for hydroxylation is 3. The van der Waals surface area contributed by atoms with Crippen molar-refractivity contribution in [2.24, 2.45) is 5.92 Å². The first-order valence-electron chi connectivity index (χ1n) is 10.2.